The van der Waals surface area contributed by atoms with E-state index in [9.17, 15) is 4.79 Å². The number of amides is 1. The van der Waals surface area contributed by atoms with Crippen LogP contribution >= 0.6 is 0 Å². The number of para-hydroxylation sites is 2. The van der Waals surface area contributed by atoms with Crippen molar-refractivity contribution < 1.29 is 14.3 Å². The van der Waals surface area contributed by atoms with Crippen LogP contribution in [0.15, 0.2) is 54.6 Å². The van der Waals surface area contributed by atoms with Crippen LogP contribution in [0.25, 0.3) is 0 Å². The second-order valence-corrected chi connectivity index (χ2v) is 7.55. The molecule has 0 saturated carbocycles. The molecule has 1 amide bonds. The Hall–Kier alpha value is -2.57. The smallest absolute Gasteiger partial charge is 0.237 e. The highest BCUT2D eigenvalue weighted by Crippen LogP contribution is 2.31. The van der Waals surface area contributed by atoms with E-state index in [1.165, 1.54) is 5.56 Å². The van der Waals surface area contributed by atoms with Gasteiger partial charge >= 0.3 is 0 Å². The molecule has 2 heterocycles. The third kappa shape index (κ3) is 3.98. The number of carbonyl (C=O) groups is 1. The van der Waals surface area contributed by atoms with Gasteiger partial charge in [-0.05, 0) is 24.6 Å². The third-order valence-corrected chi connectivity index (χ3v) is 5.62. The summed E-state index contributed by atoms with van der Waals surface area (Å²) in [5.74, 6) is 1.71. The number of nitrogens with one attached hydrogen (secondary N) is 1. The molecule has 3 N–H and O–H groups in total. The maximum Gasteiger partial charge on any atom is 0.237 e. The van der Waals surface area contributed by atoms with E-state index in [0.29, 0.717) is 19.7 Å². The van der Waals surface area contributed by atoms with E-state index in [-0.39, 0.29) is 30.0 Å². The molecule has 2 unspecified atom stereocenters. The molecule has 6 heteroatoms. The summed E-state index contributed by atoms with van der Waals surface area (Å²) >= 11 is 0. The topological polar surface area (TPSA) is 76.8 Å². The predicted molar refractivity (Wildman–Crippen MR) is 108 cm³/mol. The average molecular weight is 381 g/mol. The molecule has 28 heavy (non-hydrogen) atoms. The molecule has 2 aromatic rings. The van der Waals surface area contributed by atoms with E-state index in [1.54, 1.807) is 0 Å². The number of carbonyl (C=O) groups excluding carboxylic acids is 1. The number of nitrogens with two attached hydrogens (primary N) is 1. The summed E-state index contributed by atoms with van der Waals surface area (Å²) < 4.78 is 11.6. The molecule has 0 aliphatic carbocycles. The molecule has 2 aromatic carbocycles. The highest BCUT2D eigenvalue weighted by atomic mass is 16.6. The van der Waals surface area contributed by atoms with Crippen LogP contribution in [0.3, 0.4) is 0 Å². The first-order chi connectivity index (χ1) is 13.6. The largest absolute Gasteiger partial charge is 0.486 e. The Balaban J connectivity index is 1.29. The summed E-state index contributed by atoms with van der Waals surface area (Å²) in [7, 11) is 0. The SMILES string of the molecule is CC(C(=O)NCC1COc2ccccc2O1)N1C[C@@H](N)[C@H](c2ccccc2)C1. The van der Waals surface area contributed by atoms with Gasteiger partial charge in [-0.15, -0.1) is 0 Å². The summed E-state index contributed by atoms with van der Waals surface area (Å²) in [6.45, 7) is 4.28. The van der Waals surface area contributed by atoms with Crippen molar-refractivity contribution in [3.63, 3.8) is 0 Å². The fourth-order valence-electron chi connectivity index (χ4n) is 3.92. The molecule has 0 aromatic heterocycles. The summed E-state index contributed by atoms with van der Waals surface area (Å²) in [6, 6.07) is 17.7. The Labute approximate surface area is 165 Å². The predicted octanol–water partition coefficient (Wildman–Crippen LogP) is 1.76. The Bertz CT molecular complexity index is 814. The van der Waals surface area contributed by atoms with Crippen molar-refractivity contribution in [2.24, 2.45) is 5.73 Å². The highest BCUT2D eigenvalue weighted by Gasteiger charge is 2.35. The van der Waals surface area contributed by atoms with Gasteiger partial charge in [0.05, 0.1) is 12.6 Å². The van der Waals surface area contributed by atoms with Crippen LogP contribution in [-0.4, -0.2) is 55.2 Å². The van der Waals surface area contributed by atoms with Crippen molar-refractivity contribution >= 4 is 5.91 Å². The van der Waals surface area contributed by atoms with Gasteiger partial charge in [-0.1, -0.05) is 42.5 Å². The van der Waals surface area contributed by atoms with Crippen molar-refractivity contribution in [3.05, 3.63) is 60.2 Å². The number of fused-ring (bicyclic) bond motifs is 1. The number of likely N-dealkylation sites (tertiary alicyclic amines) is 1. The summed E-state index contributed by atoms with van der Waals surface area (Å²) in [6.07, 6.45) is -0.191. The molecule has 0 radical (unpaired) electrons. The van der Waals surface area contributed by atoms with Crippen LogP contribution in [0, 0.1) is 0 Å². The van der Waals surface area contributed by atoms with Crippen molar-refractivity contribution in [2.45, 2.75) is 31.0 Å². The van der Waals surface area contributed by atoms with Crippen molar-refractivity contribution in [1.29, 1.82) is 0 Å². The van der Waals surface area contributed by atoms with Gasteiger partial charge in [0.25, 0.3) is 0 Å². The molecular formula is C22H27N3O3. The van der Waals surface area contributed by atoms with E-state index in [1.807, 2.05) is 49.4 Å². The molecule has 0 bridgehead atoms. The summed E-state index contributed by atoms with van der Waals surface area (Å²) in [4.78, 5) is 14.8. The standard InChI is InChI=1S/C22H27N3O3/c1-15(25-12-18(19(23)13-25)16-7-3-2-4-8-16)22(26)24-11-17-14-27-20-9-5-6-10-21(20)28-17/h2-10,15,17-19H,11-14,23H2,1H3,(H,24,26)/t15?,17?,18-,19+/m0/s1. The molecular weight excluding hydrogens is 354 g/mol. The van der Waals surface area contributed by atoms with Gasteiger partial charge in [-0.2, -0.15) is 0 Å². The minimum Gasteiger partial charge on any atom is -0.486 e. The Morgan fingerprint density at radius 1 is 1.14 bits per heavy atom. The number of nitrogens with zero attached hydrogens (tertiary/aromatic N) is 1. The molecule has 1 saturated heterocycles. The maximum absolute atomic E-state index is 12.7. The lowest BCUT2D eigenvalue weighted by Crippen LogP contribution is -2.48. The minimum absolute atomic E-state index is 0.0108. The Kier molecular flexibility index (Phi) is 5.50. The summed E-state index contributed by atoms with van der Waals surface area (Å²) in [5.41, 5.74) is 7.60. The van der Waals surface area contributed by atoms with Gasteiger partial charge in [0.2, 0.25) is 5.91 Å². The normalized spacial score (nSPS) is 25.3. The maximum atomic E-state index is 12.7. The van der Waals surface area contributed by atoms with E-state index in [4.69, 9.17) is 15.2 Å². The van der Waals surface area contributed by atoms with Gasteiger partial charge in [0.15, 0.2) is 11.5 Å². The third-order valence-electron chi connectivity index (χ3n) is 5.62. The van der Waals surface area contributed by atoms with Gasteiger partial charge in [0.1, 0.15) is 12.7 Å². The lowest BCUT2D eigenvalue weighted by Gasteiger charge is -2.28. The zero-order valence-electron chi connectivity index (χ0n) is 16.1. The van der Waals surface area contributed by atoms with Gasteiger partial charge in [0, 0.05) is 25.0 Å². The van der Waals surface area contributed by atoms with Gasteiger partial charge in [-0.3, -0.25) is 9.69 Å². The second-order valence-electron chi connectivity index (χ2n) is 7.55. The molecule has 0 spiro atoms. The lowest BCUT2D eigenvalue weighted by molar-refractivity contribution is -0.126. The molecule has 2 aliphatic heterocycles. The van der Waals surface area contributed by atoms with Crippen LogP contribution in [-0.2, 0) is 4.79 Å². The number of ether oxygens (including phenoxy) is 2. The fraction of sp³-hybridized carbons (Fsp3) is 0.409. The monoisotopic (exact) mass is 381 g/mol. The van der Waals surface area contributed by atoms with Crippen LogP contribution in [0.5, 0.6) is 11.5 Å². The zero-order valence-corrected chi connectivity index (χ0v) is 16.1. The quantitative estimate of drug-likeness (QED) is 0.825. The fourth-order valence-corrected chi connectivity index (χ4v) is 3.92. The first-order valence-corrected chi connectivity index (χ1v) is 9.82. The zero-order chi connectivity index (χ0) is 19.5. The Morgan fingerprint density at radius 2 is 1.86 bits per heavy atom. The lowest BCUT2D eigenvalue weighted by atomic mass is 9.95. The van der Waals surface area contributed by atoms with E-state index >= 15 is 0 Å². The van der Waals surface area contributed by atoms with Gasteiger partial charge < -0.3 is 20.5 Å². The molecule has 4 rings (SSSR count). The second kappa shape index (κ2) is 8.20. The minimum atomic E-state index is -0.239. The van der Waals surface area contributed by atoms with E-state index in [2.05, 4.69) is 22.3 Å². The number of benzene rings is 2. The number of hydrogen-bond acceptors (Lipinski definition) is 5. The number of hydrogen-bond donors (Lipinski definition) is 2. The molecule has 6 nitrogen and oxygen atoms in total. The van der Waals surface area contributed by atoms with Gasteiger partial charge in [-0.25, -0.2) is 0 Å². The van der Waals surface area contributed by atoms with Crippen molar-refractivity contribution in [3.8, 4) is 11.5 Å². The van der Waals surface area contributed by atoms with Crippen LogP contribution < -0.4 is 20.5 Å². The van der Waals surface area contributed by atoms with E-state index in [0.717, 1.165) is 18.0 Å². The molecule has 4 atom stereocenters. The van der Waals surface area contributed by atoms with Crippen molar-refractivity contribution in [1.82, 2.24) is 10.2 Å². The highest BCUT2D eigenvalue weighted by molar-refractivity contribution is 5.81. The van der Waals surface area contributed by atoms with Crippen LogP contribution in [0.4, 0.5) is 0 Å². The Morgan fingerprint density at radius 3 is 2.64 bits per heavy atom. The van der Waals surface area contributed by atoms with E-state index < -0.39 is 0 Å². The number of rotatable bonds is 5. The first kappa shape index (κ1) is 18.8. The molecule has 148 valence electrons. The van der Waals surface area contributed by atoms with Crippen LogP contribution in [0.1, 0.15) is 18.4 Å². The summed E-state index contributed by atoms with van der Waals surface area (Å²) in [5, 5.41) is 3.00. The molecule has 1 fully saturated rings. The van der Waals surface area contributed by atoms with Crippen LogP contribution in [0.2, 0.25) is 0 Å². The van der Waals surface area contributed by atoms with Crippen molar-refractivity contribution in [2.75, 3.05) is 26.2 Å². The first-order valence-electron chi connectivity index (χ1n) is 9.82. The molecule has 2 aliphatic rings. The average Bonchev–Trinajstić information content (AvgIpc) is 3.13.